The van der Waals surface area contributed by atoms with Crippen LogP contribution in [0.1, 0.15) is 17.5 Å². The normalized spacial score (nSPS) is 15.0. The predicted octanol–water partition coefficient (Wildman–Crippen LogP) is 6.42. The summed E-state index contributed by atoms with van der Waals surface area (Å²) in [5.74, 6) is 0.641. The molecule has 0 saturated carbocycles. The van der Waals surface area contributed by atoms with E-state index in [-0.39, 0.29) is 17.8 Å². The largest absolute Gasteiger partial charge is 0.493 e. The quantitative estimate of drug-likeness (QED) is 0.260. The Morgan fingerprint density at radius 2 is 1.94 bits per heavy atom. The standard InChI is InChI=1S/C22H20BrCl2NO5S/c1-29-7-3-6-26-21(27)19(32-22(26)28)10-13-8-16(23)20(18(9-13)30-2)31-12-14-4-5-15(24)11-17(14)25/h4-5,8-11H,3,6-7,12H2,1-2H3/b19-10+. The molecule has 1 aliphatic rings. The minimum Gasteiger partial charge on any atom is -0.493 e. The Hall–Kier alpha value is -1.71. The highest BCUT2D eigenvalue weighted by molar-refractivity contribution is 9.10. The number of ether oxygens (including phenoxy) is 3. The lowest BCUT2D eigenvalue weighted by molar-refractivity contribution is -0.122. The summed E-state index contributed by atoms with van der Waals surface area (Å²) in [7, 11) is 3.10. The zero-order valence-corrected chi connectivity index (χ0v) is 21.2. The number of halogens is 3. The predicted molar refractivity (Wildman–Crippen MR) is 131 cm³/mol. The van der Waals surface area contributed by atoms with Gasteiger partial charge >= 0.3 is 0 Å². The van der Waals surface area contributed by atoms with Gasteiger partial charge in [0.05, 0.1) is 16.5 Å². The molecule has 0 N–H and O–H groups in total. The summed E-state index contributed by atoms with van der Waals surface area (Å²) in [6.07, 6.45) is 2.25. The fourth-order valence-electron chi connectivity index (χ4n) is 2.96. The first-order chi connectivity index (χ1) is 15.3. The van der Waals surface area contributed by atoms with E-state index in [0.29, 0.717) is 56.1 Å². The van der Waals surface area contributed by atoms with Gasteiger partial charge in [-0.1, -0.05) is 29.3 Å². The number of imide groups is 1. The summed E-state index contributed by atoms with van der Waals surface area (Å²) in [5.41, 5.74) is 1.46. The van der Waals surface area contributed by atoms with E-state index in [9.17, 15) is 9.59 Å². The lowest BCUT2D eigenvalue weighted by Crippen LogP contribution is -2.29. The maximum absolute atomic E-state index is 12.6. The van der Waals surface area contributed by atoms with Gasteiger partial charge in [0, 0.05) is 35.9 Å². The third-order valence-corrected chi connectivity index (χ3v) is 6.62. The number of nitrogens with zero attached hydrogens (tertiary/aromatic N) is 1. The van der Waals surface area contributed by atoms with Gasteiger partial charge in [-0.25, -0.2) is 0 Å². The molecule has 0 aromatic heterocycles. The third kappa shape index (κ3) is 5.99. The lowest BCUT2D eigenvalue weighted by Gasteiger charge is -2.14. The van der Waals surface area contributed by atoms with Crippen LogP contribution in [0.4, 0.5) is 4.79 Å². The van der Waals surface area contributed by atoms with Crippen LogP contribution >= 0.6 is 50.9 Å². The van der Waals surface area contributed by atoms with Crippen molar-refractivity contribution in [3.05, 3.63) is 60.9 Å². The second kappa shape index (κ2) is 11.4. The molecule has 10 heteroatoms. The highest BCUT2D eigenvalue weighted by atomic mass is 79.9. The van der Waals surface area contributed by atoms with E-state index in [0.717, 1.165) is 17.3 Å². The maximum Gasteiger partial charge on any atom is 0.293 e. The van der Waals surface area contributed by atoms with Crippen LogP contribution in [0.5, 0.6) is 11.5 Å². The van der Waals surface area contributed by atoms with Crippen LogP contribution in [0.15, 0.2) is 39.7 Å². The van der Waals surface area contributed by atoms with Gasteiger partial charge in [0.25, 0.3) is 11.1 Å². The van der Waals surface area contributed by atoms with Crippen LogP contribution in [0.25, 0.3) is 6.08 Å². The van der Waals surface area contributed by atoms with Crippen LogP contribution in [0, 0.1) is 0 Å². The third-order valence-electron chi connectivity index (χ3n) is 4.54. The SMILES string of the molecule is COCCCN1C(=O)S/C(=C/c2cc(Br)c(OCc3ccc(Cl)cc3Cl)c(OC)c2)C1=O. The number of hydrogen-bond acceptors (Lipinski definition) is 6. The number of amides is 2. The average molecular weight is 561 g/mol. The van der Waals surface area contributed by atoms with Crippen LogP contribution in [-0.4, -0.2) is 43.4 Å². The number of hydrogen-bond donors (Lipinski definition) is 0. The molecule has 2 amide bonds. The Morgan fingerprint density at radius 1 is 1.16 bits per heavy atom. The molecule has 0 spiro atoms. The van der Waals surface area contributed by atoms with E-state index in [1.165, 1.54) is 12.0 Å². The molecule has 32 heavy (non-hydrogen) atoms. The summed E-state index contributed by atoms with van der Waals surface area (Å²) >= 11 is 16.6. The van der Waals surface area contributed by atoms with Crippen LogP contribution < -0.4 is 9.47 Å². The van der Waals surface area contributed by atoms with Crippen molar-refractivity contribution in [2.24, 2.45) is 0 Å². The molecule has 1 aliphatic heterocycles. The van der Waals surface area contributed by atoms with Crippen molar-refractivity contribution in [2.45, 2.75) is 13.0 Å². The van der Waals surface area contributed by atoms with E-state index in [1.807, 2.05) is 0 Å². The molecule has 170 valence electrons. The Balaban J connectivity index is 1.78. The molecule has 1 saturated heterocycles. The van der Waals surface area contributed by atoms with Gasteiger partial charge in [0.1, 0.15) is 6.61 Å². The molecule has 2 aromatic carbocycles. The first-order valence-electron chi connectivity index (χ1n) is 9.52. The molecule has 0 aliphatic carbocycles. The molecule has 1 heterocycles. The van der Waals surface area contributed by atoms with Crippen LogP contribution in [0.2, 0.25) is 10.0 Å². The minimum atomic E-state index is -0.316. The smallest absolute Gasteiger partial charge is 0.293 e. The van der Waals surface area contributed by atoms with Crippen LogP contribution in [0.3, 0.4) is 0 Å². The molecule has 6 nitrogen and oxygen atoms in total. The summed E-state index contributed by atoms with van der Waals surface area (Å²) in [6.45, 7) is 1.02. The van der Waals surface area contributed by atoms with Gasteiger partial charge in [-0.05, 0) is 70.0 Å². The maximum atomic E-state index is 12.6. The average Bonchev–Trinajstić information content (AvgIpc) is 3.01. The number of methoxy groups -OCH3 is 2. The van der Waals surface area contributed by atoms with Crippen molar-refractivity contribution in [1.82, 2.24) is 4.90 Å². The first kappa shape index (κ1) is 24.9. The molecule has 0 unspecified atom stereocenters. The Bertz CT molecular complexity index is 1060. The number of thioether (sulfide) groups is 1. The molecule has 3 rings (SSSR count). The molecule has 0 bridgehead atoms. The van der Waals surface area contributed by atoms with Crippen molar-refractivity contribution in [2.75, 3.05) is 27.4 Å². The number of carbonyl (C=O) groups is 2. The fraction of sp³-hybridized carbons (Fsp3) is 0.273. The van der Waals surface area contributed by atoms with E-state index < -0.39 is 0 Å². The molecule has 2 aromatic rings. The molecule has 0 radical (unpaired) electrons. The number of carbonyl (C=O) groups excluding carboxylic acids is 2. The first-order valence-corrected chi connectivity index (χ1v) is 11.9. The van der Waals surface area contributed by atoms with E-state index in [4.69, 9.17) is 37.4 Å². The Kier molecular flexibility index (Phi) is 8.90. The van der Waals surface area contributed by atoms with Gasteiger partial charge in [-0.15, -0.1) is 0 Å². The van der Waals surface area contributed by atoms with Gasteiger partial charge in [-0.2, -0.15) is 0 Å². The monoisotopic (exact) mass is 559 g/mol. The topological polar surface area (TPSA) is 65.1 Å². The molecule has 1 fully saturated rings. The van der Waals surface area contributed by atoms with E-state index in [2.05, 4.69) is 15.9 Å². The highest BCUT2D eigenvalue weighted by Crippen LogP contribution is 2.39. The minimum absolute atomic E-state index is 0.213. The van der Waals surface area contributed by atoms with Crippen molar-refractivity contribution in [3.8, 4) is 11.5 Å². The molecular weight excluding hydrogens is 541 g/mol. The Labute approximate surface area is 208 Å². The summed E-state index contributed by atoms with van der Waals surface area (Å²) in [4.78, 5) is 26.4. The number of benzene rings is 2. The fourth-order valence-corrected chi connectivity index (χ4v) is 4.87. The van der Waals surface area contributed by atoms with Gasteiger partial charge in [-0.3, -0.25) is 14.5 Å². The Morgan fingerprint density at radius 3 is 2.62 bits per heavy atom. The van der Waals surface area contributed by atoms with Crippen LogP contribution in [-0.2, 0) is 16.1 Å². The second-order valence-electron chi connectivity index (χ2n) is 6.74. The van der Waals surface area contributed by atoms with Gasteiger partial charge in [0.2, 0.25) is 0 Å². The van der Waals surface area contributed by atoms with Crippen molar-refractivity contribution < 1.29 is 23.8 Å². The molecule has 0 atom stereocenters. The van der Waals surface area contributed by atoms with Crippen molar-refractivity contribution in [1.29, 1.82) is 0 Å². The molecular formula is C22H20BrCl2NO5S. The zero-order valence-electron chi connectivity index (χ0n) is 17.3. The van der Waals surface area contributed by atoms with Crippen molar-refractivity contribution in [3.63, 3.8) is 0 Å². The van der Waals surface area contributed by atoms with Gasteiger partial charge < -0.3 is 14.2 Å². The number of rotatable bonds is 9. The van der Waals surface area contributed by atoms with Gasteiger partial charge in [0.15, 0.2) is 11.5 Å². The zero-order chi connectivity index (χ0) is 23.3. The second-order valence-corrected chi connectivity index (χ2v) is 9.43. The van der Waals surface area contributed by atoms with E-state index >= 15 is 0 Å². The summed E-state index contributed by atoms with van der Waals surface area (Å²) < 4.78 is 17.0. The van der Waals surface area contributed by atoms with E-state index in [1.54, 1.807) is 43.5 Å². The van der Waals surface area contributed by atoms with Crippen molar-refractivity contribution >= 4 is 68.1 Å². The highest BCUT2D eigenvalue weighted by Gasteiger charge is 2.34. The lowest BCUT2D eigenvalue weighted by atomic mass is 10.1. The summed E-state index contributed by atoms with van der Waals surface area (Å²) in [6, 6.07) is 8.72. The summed E-state index contributed by atoms with van der Waals surface area (Å²) in [5, 5.41) is 0.763.